The first-order chi connectivity index (χ1) is 14.8. The number of halogens is 1. The molecule has 3 N–H and O–H groups in total. The van der Waals surface area contributed by atoms with Gasteiger partial charge in [0.15, 0.2) is 0 Å². The average Bonchev–Trinajstić information content (AvgIpc) is 2.74. The average molecular weight is 455 g/mol. The van der Waals surface area contributed by atoms with Gasteiger partial charge in [-0.25, -0.2) is 18.2 Å². The molecule has 2 aromatic heterocycles. The van der Waals surface area contributed by atoms with Crippen molar-refractivity contribution in [2.75, 3.05) is 10.0 Å². The fraction of sp³-hybridized carbons (Fsp3) is 0. The quantitative estimate of drug-likeness (QED) is 0.391. The molecule has 0 fully saturated rings. The summed E-state index contributed by atoms with van der Waals surface area (Å²) in [6, 6.07) is 15.8. The van der Waals surface area contributed by atoms with Crippen molar-refractivity contribution in [3.05, 3.63) is 83.6 Å². The lowest BCUT2D eigenvalue weighted by Gasteiger charge is -2.13. The maximum atomic E-state index is 12.6. The number of rotatable bonds is 6. The molecule has 8 nitrogen and oxygen atoms in total. The lowest BCUT2D eigenvalue weighted by molar-refractivity contribution is 0.0697. The number of sulfonamides is 1. The van der Waals surface area contributed by atoms with Crippen LogP contribution < -0.4 is 10.0 Å². The number of aromatic nitrogens is 2. The molecule has 0 radical (unpaired) electrons. The number of hydrogen-bond acceptors (Lipinski definition) is 6. The SMILES string of the molecule is O=C(O)c1cnc2ccc(Cl)cc2c1Nc1ccc(S(=O)(=O)Nc2ccccn2)cc1. The maximum absolute atomic E-state index is 12.6. The van der Waals surface area contributed by atoms with E-state index < -0.39 is 16.0 Å². The zero-order valence-corrected chi connectivity index (χ0v) is 17.4. The zero-order chi connectivity index (χ0) is 22.0. The lowest BCUT2D eigenvalue weighted by atomic mass is 10.1. The van der Waals surface area contributed by atoms with E-state index in [1.54, 1.807) is 36.4 Å². The minimum atomic E-state index is -3.83. The molecule has 10 heteroatoms. The highest BCUT2D eigenvalue weighted by Crippen LogP contribution is 2.31. The van der Waals surface area contributed by atoms with Gasteiger partial charge in [0.2, 0.25) is 0 Å². The van der Waals surface area contributed by atoms with E-state index in [2.05, 4.69) is 20.0 Å². The standard InChI is InChI=1S/C21H15ClN4O4S/c22-13-4-9-18-16(11-13)20(17(12-24-18)21(27)28)25-14-5-7-15(8-6-14)31(29,30)26-19-3-1-2-10-23-19/h1-12H,(H,23,26)(H,24,25)(H,27,28). The molecule has 0 aliphatic heterocycles. The zero-order valence-electron chi connectivity index (χ0n) is 15.8. The van der Waals surface area contributed by atoms with Crippen LogP contribution >= 0.6 is 11.6 Å². The molecule has 0 amide bonds. The van der Waals surface area contributed by atoms with E-state index in [1.165, 1.54) is 36.7 Å². The largest absolute Gasteiger partial charge is 0.478 e. The van der Waals surface area contributed by atoms with Crippen LogP contribution in [-0.4, -0.2) is 29.5 Å². The van der Waals surface area contributed by atoms with Crippen molar-refractivity contribution in [2.45, 2.75) is 4.90 Å². The second-order valence-electron chi connectivity index (χ2n) is 6.48. The first-order valence-electron chi connectivity index (χ1n) is 8.96. The fourth-order valence-corrected chi connectivity index (χ4v) is 4.12. The molecule has 0 saturated heterocycles. The third-order valence-electron chi connectivity index (χ3n) is 4.40. The van der Waals surface area contributed by atoms with Crippen molar-refractivity contribution < 1.29 is 18.3 Å². The van der Waals surface area contributed by atoms with E-state index in [9.17, 15) is 18.3 Å². The molecule has 0 spiro atoms. The monoisotopic (exact) mass is 454 g/mol. The Labute approximate surface area is 182 Å². The molecule has 156 valence electrons. The van der Waals surface area contributed by atoms with Crippen molar-refractivity contribution in [3.63, 3.8) is 0 Å². The second kappa shape index (κ2) is 8.21. The van der Waals surface area contributed by atoms with Crippen LogP contribution in [0.4, 0.5) is 17.2 Å². The Kier molecular flexibility index (Phi) is 5.45. The molecule has 4 aromatic rings. The third kappa shape index (κ3) is 4.42. The van der Waals surface area contributed by atoms with Crippen LogP contribution in [-0.2, 0) is 10.0 Å². The number of carboxylic acids is 1. The molecule has 2 aromatic carbocycles. The number of benzene rings is 2. The van der Waals surface area contributed by atoms with Crippen molar-refractivity contribution in [3.8, 4) is 0 Å². The van der Waals surface area contributed by atoms with Gasteiger partial charge in [0.05, 0.1) is 16.1 Å². The number of carboxylic acid groups (broad SMARTS) is 1. The number of nitrogens with one attached hydrogen (secondary N) is 2. The van der Waals surface area contributed by atoms with Gasteiger partial charge in [0.25, 0.3) is 10.0 Å². The summed E-state index contributed by atoms with van der Waals surface area (Å²) in [4.78, 5) is 19.8. The Hall–Kier alpha value is -3.69. The summed E-state index contributed by atoms with van der Waals surface area (Å²) in [6.07, 6.45) is 2.74. The van der Waals surface area contributed by atoms with Gasteiger partial charge in [0, 0.05) is 28.5 Å². The predicted octanol–water partition coefficient (Wildman–Crippen LogP) is 4.53. The van der Waals surface area contributed by atoms with E-state index in [4.69, 9.17) is 11.6 Å². The van der Waals surface area contributed by atoms with Gasteiger partial charge < -0.3 is 10.4 Å². The number of carbonyl (C=O) groups is 1. The van der Waals surface area contributed by atoms with E-state index >= 15 is 0 Å². The summed E-state index contributed by atoms with van der Waals surface area (Å²) in [5.74, 6) is -0.952. The summed E-state index contributed by atoms with van der Waals surface area (Å²) < 4.78 is 27.5. The van der Waals surface area contributed by atoms with Gasteiger partial charge in [-0.2, -0.15) is 0 Å². The summed E-state index contributed by atoms with van der Waals surface area (Å²) in [6.45, 7) is 0. The smallest absolute Gasteiger partial charge is 0.339 e. The summed E-state index contributed by atoms with van der Waals surface area (Å²) in [5, 5.41) is 13.6. The Morgan fingerprint density at radius 2 is 1.77 bits per heavy atom. The van der Waals surface area contributed by atoms with Crippen molar-refractivity contribution >= 4 is 55.7 Å². The highest BCUT2D eigenvalue weighted by Gasteiger charge is 2.17. The first-order valence-corrected chi connectivity index (χ1v) is 10.8. The van der Waals surface area contributed by atoms with Crippen molar-refractivity contribution in [1.82, 2.24) is 9.97 Å². The highest BCUT2D eigenvalue weighted by atomic mass is 35.5. The van der Waals surface area contributed by atoms with Crippen LogP contribution in [0.2, 0.25) is 5.02 Å². The summed E-state index contributed by atoms with van der Waals surface area (Å²) >= 11 is 6.08. The summed E-state index contributed by atoms with van der Waals surface area (Å²) in [7, 11) is -3.83. The number of nitrogens with zero attached hydrogens (tertiary/aromatic N) is 2. The molecule has 4 rings (SSSR count). The van der Waals surface area contributed by atoms with E-state index in [-0.39, 0.29) is 16.3 Å². The molecule has 2 heterocycles. The van der Waals surface area contributed by atoms with Crippen LogP contribution in [0.5, 0.6) is 0 Å². The molecule has 0 aliphatic carbocycles. The summed E-state index contributed by atoms with van der Waals surface area (Å²) in [5.41, 5.74) is 1.33. The highest BCUT2D eigenvalue weighted by molar-refractivity contribution is 7.92. The van der Waals surface area contributed by atoms with Gasteiger partial charge in [-0.05, 0) is 54.6 Å². The van der Waals surface area contributed by atoms with Crippen LogP contribution in [0.3, 0.4) is 0 Å². The Morgan fingerprint density at radius 1 is 1.00 bits per heavy atom. The number of aromatic carboxylic acids is 1. The van der Waals surface area contributed by atoms with Crippen LogP contribution in [0.1, 0.15) is 10.4 Å². The van der Waals surface area contributed by atoms with Gasteiger partial charge in [0.1, 0.15) is 11.4 Å². The van der Waals surface area contributed by atoms with E-state index in [1.807, 2.05) is 0 Å². The first kappa shape index (κ1) is 20.6. The number of anilines is 3. The molecule has 0 aliphatic rings. The molecule has 0 unspecified atom stereocenters. The normalized spacial score (nSPS) is 11.3. The van der Waals surface area contributed by atoms with Crippen molar-refractivity contribution in [1.29, 1.82) is 0 Å². The maximum Gasteiger partial charge on any atom is 0.339 e. The van der Waals surface area contributed by atoms with Crippen molar-refractivity contribution in [2.24, 2.45) is 0 Å². The van der Waals surface area contributed by atoms with E-state index in [0.717, 1.165) is 0 Å². The number of pyridine rings is 2. The second-order valence-corrected chi connectivity index (χ2v) is 8.60. The van der Waals surface area contributed by atoms with Crippen LogP contribution in [0.15, 0.2) is 78.0 Å². The Balaban J connectivity index is 1.67. The number of hydrogen-bond donors (Lipinski definition) is 3. The van der Waals surface area contributed by atoms with Crippen LogP contribution in [0, 0.1) is 0 Å². The topological polar surface area (TPSA) is 121 Å². The van der Waals surface area contributed by atoms with Crippen LogP contribution in [0.25, 0.3) is 10.9 Å². The lowest BCUT2D eigenvalue weighted by Crippen LogP contribution is -2.13. The third-order valence-corrected chi connectivity index (χ3v) is 6.00. The molecular weight excluding hydrogens is 440 g/mol. The minimum absolute atomic E-state index is 0.0322. The van der Waals surface area contributed by atoms with Gasteiger partial charge in [-0.1, -0.05) is 17.7 Å². The van der Waals surface area contributed by atoms with E-state index in [0.29, 0.717) is 27.3 Å². The Bertz CT molecular complexity index is 1380. The van der Waals surface area contributed by atoms with Gasteiger partial charge in [-0.15, -0.1) is 0 Å². The Morgan fingerprint density at radius 3 is 2.45 bits per heavy atom. The molecule has 0 atom stereocenters. The number of fused-ring (bicyclic) bond motifs is 1. The minimum Gasteiger partial charge on any atom is -0.478 e. The molecule has 31 heavy (non-hydrogen) atoms. The molecule has 0 bridgehead atoms. The van der Waals surface area contributed by atoms with Gasteiger partial charge in [-0.3, -0.25) is 9.71 Å². The van der Waals surface area contributed by atoms with Gasteiger partial charge >= 0.3 is 5.97 Å². The molecule has 0 saturated carbocycles. The predicted molar refractivity (Wildman–Crippen MR) is 118 cm³/mol. The molecular formula is C21H15ClN4O4S. The fourth-order valence-electron chi connectivity index (χ4n) is 2.94.